The van der Waals surface area contributed by atoms with Crippen LogP contribution in [-0.4, -0.2) is 35.1 Å². The summed E-state index contributed by atoms with van der Waals surface area (Å²) in [6.07, 6.45) is 2.12. The number of benzene rings is 2. The number of tetrazole rings is 1. The Balaban J connectivity index is 1.54. The van der Waals surface area contributed by atoms with E-state index in [9.17, 15) is 5.11 Å². The molecule has 7 heteroatoms. The summed E-state index contributed by atoms with van der Waals surface area (Å²) in [7, 11) is 0. The zero-order chi connectivity index (χ0) is 22.2. The highest BCUT2D eigenvalue weighted by Crippen LogP contribution is 2.32. The second-order valence-electron chi connectivity index (χ2n) is 7.99. The molecule has 2 aromatic carbocycles. The molecule has 3 aromatic heterocycles. The SMILES string of the molecule is CCc1cn2c(C(O)c3ccc(-c4ccccc4-c4nnn[nH]4)cc3)c(C)cc(C)c2n1. The molecule has 3 heterocycles. The number of H-pyrrole nitrogens is 1. The van der Waals surface area contributed by atoms with E-state index in [0.29, 0.717) is 5.82 Å². The summed E-state index contributed by atoms with van der Waals surface area (Å²) < 4.78 is 2.04. The maximum absolute atomic E-state index is 11.3. The Hall–Kier alpha value is -3.84. The molecule has 32 heavy (non-hydrogen) atoms. The summed E-state index contributed by atoms with van der Waals surface area (Å²) in [5.74, 6) is 0.620. The third kappa shape index (κ3) is 3.36. The van der Waals surface area contributed by atoms with E-state index in [2.05, 4.69) is 40.5 Å². The quantitative estimate of drug-likeness (QED) is 0.435. The minimum absolute atomic E-state index is 0.620. The molecule has 0 bridgehead atoms. The van der Waals surface area contributed by atoms with Gasteiger partial charge in [0, 0.05) is 11.8 Å². The predicted octanol–water partition coefficient (Wildman–Crippen LogP) is 4.44. The van der Waals surface area contributed by atoms with Gasteiger partial charge in [-0.2, -0.15) is 0 Å². The van der Waals surface area contributed by atoms with E-state index in [1.165, 1.54) is 0 Å². The van der Waals surface area contributed by atoms with Crippen LogP contribution in [0.1, 0.15) is 41.1 Å². The topological polar surface area (TPSA) is 92.0 Å². The van der Waals surface area contributed by atoms with E-state index in [1.807, 2.05) is 66.1 Å². The Kier molecular flexibility index (Phi) is 5.03. The van der Waals surface area contributed by atoms with Gasteiger partial charge in [0.15, 0.2) is 5.82 Å². The molecule has 160 valence electrons. The van der Waals surface area contributed by atoms with Gasteiger partial charge < -0.3 is 9.51 Å². The maximum Gasteiger partial charge on any atom is 0.180 e. The van der Waals surface area contributed by atoms with Crippen molar-refractivity contribution in [1.29, 1.82) is 0 Å². The molecule has 1 atom stereocenters. The molecular weight excluding hydrogens is 400 g/mol. The van der Waals surface area contributed by atoms with E-state index < -0.39 is 6.10 Å². The molecule has 7 nitrogen and oxygen atoms in total. The molecule has 0 spiro atoms. The van der Waals surface area contributed by atoms with Gasteiger partial charge in [0.25, 0.3) is 0 Å². The molecule has 0 aliphatic carbocycles. The first-order chi connectivity index (χ1) is 15.6. The summed E-state index contributed by atoms with van der Waals surface area (Å²) in [6, 6.07) is 18.0. The first-order valence-electron chi connectivity index (χ1n) is 10.7. The Morgan fingerprint density at radius 2 is 1.75 bits per heavy atom. The molecule has 0 saturated carbocycles. The smallest absolute Gasteiger partial charge is 0.180 e. The second kappa shape index (κ2) is 8.01. The van der Waals surface area contributed by atoms with Crippen LogP contribution in [0.5, 0.6) is 0 Å². The number of hydrogen-bond acceptors (Lipinski definition) is 5. The second-order valence-corrected chi connectivity index (χ2v) is 7.99. The summed E-state index contributed by atoms with van der Waals surface area (Å²) >= 11 is 0. The molecule has 2 N–H and O–H groups in total. The van der Waals surface area contributed by atoms with E-state index in [1.54, 1.807) is 0 Å². The van der Waals surface area contributed by atoms with Gasteiger partial charge in [-0.05, 0) is 58.5 Å². The number of fused-ring (bicyclic) bond motifs is 1. The molecule has 0 aliphatic heterocycles. The number of imidazole rings is 1. The lowest BCUT2D eigenvalue weighted by Gasteiger charge is -2.18. The Morgan fingerprint density at radius 3 is 2.44 bits per heavy atom. The van der Waals surface area contributed by atoms with Gasteiger partial charge >= 0.3 is 0 Å². The normalized spacial score (nSPS) is 12.4. The zero-order valence-electron chi connectivity index (χ0n) is 18.2. The van der Waals surface area contributed by atoms with Gasteiger partial charge in [-0.3, -0.25) is 0 Å². The molecular formula is C25H24N6O. The van der Waals surface area contributed by atoms with E-state index in [-0.39, 0.29) is 0 Å². The Bertz CT molecular complexity index is 1390. The van der Waals surface area contributed by atoms with Crippen molar-refractivity contribution in [2.45, 2.75) is 33.3 Å². The number of aliphatic hydroxyl groups excluding tert-OH is 1. The van der Waals surface area contributed by atoms with Gasteiger partial charge in [-0.25, -0.2) is 10.1 Å². The highest BCUT2D eigenvalue weighted by Gasteiger charge is 2.19. The van der Waals surface area contributed by atoms with Crippen molar-refractivity contribution in [3.63, 3.8) is 0 Å². The fourth-order valence-corrected chi connectivity index (χ4v) is 4.28. The maximum atomic E-state index is 11.3. The van der Waals surface area contributed by atoms with Gasteiger partial charge in [-0.15, -0.1) is 5.10 Å². The lowest BCUT2D eigenvalue weighted by Crippen LogP contribution is -2.09. The van der Waals surface area contributed by atoms with E-state index in [4.69, 9.17) is 4.98 Å². The number of aromatic amines is 1. The lowest BCUT2D eigenvalue weighted by molar-refractivity contribution is 0.213. The zero-order valence-corrected chi connectivity index (χ0v) is 18.2. The van der Waals surface area contributed by atoms with Crippen LogP contribution >= 0.6 is 0 Å². The number of nitrogens with one attached hydrogen (secondary N) is 1. The van der Waals surface area contributed by atoms with Crippen LogP contribution in [-0.2, 0) is 6.42 Å². The van der Waals surface area contributed by atoms with Crippen LogP contribution in [0, 0.1) is 13.8 Å². The third-order valence-electron chi connectivity index (χ3n) is 5.89. The molecule has 0 radical (unpaired) electrons. The number of pyridine rings is 1. The lowest BCUT2D eigenvalue weighted by atomic mass is 9.95. The van der Waals surface area contributed by atoms with Crippen LogP contribution < -0.4 is 0 Å². The number of rotatable bonds is 5. The molecule has 0 fully saturated rings. The number of aliphatic hydroxyl groups is 1. The highest BCUT2D eigenvalue weighted by atomic mass is 16.3. The van der Waals surface area contributed by atoms with Gasteiger partial charge in [0.1, 0.15) is 11.8 Å². The van der Waals surface area contributed by atoms with Crippen LogP contribution in [0.2, 0.25) is 0 Å². The molecule has 0 aliphatic rings. The van der Waals surface area contributed by atoms with Crippen molar-refractivity contribution in [2.24, 2.45) is 0 Å². The summed E-state index contributed by atoms with van der Waals surface area (Å²) in [4.78, 5) is 4.73. The van der Waals surface area contributed by atoms with Crippen LogP contribution in [0.3, 0.4) is 0 Å². The minimum Gasteiger partial charge on any atom is -0.382 e. The predicted molar refractivity (Wildman–Crippen MR) is 123 cm³/mol. The molecule has 1 unspecified atom stereocenters. The highest BCUT2D eigenvalue weighted by molar-refractivity contribution is 5.80. The average molecular weight is 425 g/mol. The summed E-state index contributed by atoms with van der Waals surface area (Å²) in [6.45, 7) is 6.18. The van der Waals surface area contributed by atoms with Gasteiger partial charge in [0.05, 0.1) is 11.4 Å². The fraction of sp³-hybridized carbons (Fsp3) is 0.200. The Labute approximate surface area is 185 Å². The summed E-state index contributed by atoms with van der Waals surface area (Å²) in [5, 5.41) is 25.6. The Morgan fingerprint density at radius 1 is 1.00 bits per heavy atom. The van der Waals surface area contributed by atoms with E-state index in [0.717, 1.165) is 56.8 Å². The van der Waals surface area contributed by atoms with Crippen LogP contribution in [0.25, 0.3) is 28.2 Å². The first kappa shape index (κ1) is 20.1. The van der Waals surface area contributed by atoms with Crippen LogP contribution in [0.15, 0.2) is 60.8 Å². The summed E-state index contributed by atoms with van der Waals surface area (Å²) in [5.41, 5.74) is 8.69. The standard InChI is InChI=1S/C25H24N6O/c1-4-19-14-31-22(15(2)13-16(3)25(31)26-19)23(32)18-11-9-17(10-12-18)20-7-5-6-8-21(20)24-27-29-30-28-24/h5-14,23,32H,4H2,1-3H3,(H,27,28,29,30). The van der Waals surface area contributed by atoms with Crippen molar-refractivity contribution in [3.05, 3.63) is 88.9 Å². The van der Waals surface area contributed by atoms with Crippen molar-refractivity contribution in [1.82, 2.24) is 30.0 Å². The molecule has 0 saturated heterocycles. The average Bonchev–Trinajstić information content (AvgIpc) is 3.50. The minimum atomic E-state index is -0.764. The third-order valence-corrected chi connectivity index (χ3v) is 5.89. The molecule has 5 rings (SSSR count). The van der Waals surface area contributed by atoms with Crippen molar-refractivity contribution >= 4 is 5.65 Å². The van der Waals surface area contributed by atoms with Gasteiger partial charge in [0.2, 0.25) is 0 Å². The fourth-order valence-electron chi connectivity index (χ4n) is 4.28. The number of hydrogen-bond donors (Lipinski definition) is 2. The van der Waals surface area contributed by atoms with Crippen molar-refractivity contribution < 1.29 is 5.11 Å². The van der Waals surface area contributed by atoms with Gasteiger partial charge in [-0.1, -0.05) is 61.5 Å². The molecule has 5 aromatic rings. The van der Waals surface area contributed by atoms with Crippen molar-refractivity contribution in [3.8, 4) is 22.5 Å². The largest absolute Gasteiger partial charge is 0.382 e. The van der Waals surface area contributed by atoms with Crippen LogP contribution in [0.4, 0.5) is 0 Å². The van der Waals surface area contributed by atoms with Crippen molar-refractivity contribution in [2.75, 3.05) is 0 Å². The number of aromatic nitrogens is 6. The molecule has 0 amide bonds. The number of nitrogens with zero attached hydrogens (tertiary/aromatic N) is 5. The van der Waals surface area contributed by atoms with E-state index >= 15 is 0 Å². The first-order valence-corrected chi connectivity index (χ1v) is 10.7. The number of aryl methyl sites for hydroxylation is 3. The monoisotopic (exact) mass is 424 g/mol.